The topological polar surface area (TPSA) is 70.6 Å². The Kier molecular flexibility index (Phi) is 9.80. The van der Waals surface area contributed by atoms with Gasteiger partial charge in [0.2, 0.25) is 0 Å². The first-order valence-corrected chi connectivity index (χ1v) is 10.5. The lowest BCUT2D eigenvalue weighted by atomic mass is 10.1. The molecular weight excluding hydrogens is 499 g/mol. The van der Waals surface area contributed by atoms with Gasteiger partial charge in [0.05, 0.1) is 5.75 Å². The number of guanidine groups is 1. The summed E-state index contributed by atoms with van der Waals surface area (Å²) >= 11 is 0. The average molecular weight is 523 g/mol. The molecule has 0 saturated carbocycles. The predicted molar refractivity (Wildman–Crippen MR) is 119 cm³/mol. The van der Waals surface area contributed by atoms with Crippen molar-refractivity contribution >= 4 is 39.8 Å². The first-order valence-electron chi connectivity index (χ1n) is 8.41. The highest BCUT2D eigenvalue weighted by molar-refractivity contribution is 14.0. The maximum Gasteiger partial charge on any atom is 0.191 e. The molecule has 0 spiro atoms. The first kappa shape index (κ1) is 24.3. The van der Waals surface area contributed by atoms with Gasteiger partial charge in [0.1, 0.15) is 11.6 Å². The Morgan fingerprint density at radius 3 is 2.39 bits per heavy atom. The van der Waals surface area contributed by atoms with Crippen LogP contribution >= 0.6 is 24.0 Å². The van der Waals surface area contributed by atoms with Crippen LogP contribution in [0, 0.1) is 11.6 Å². The highest BCUT2D eigenvalue weighted by atomic mass is 127. The van der Waals surface area contributed by atoms with Gasteiger partial charge in [0.25, 0.3) is 0 Å². The molecule has 0 unspecified atom stereocenters. The average Bonchev–Trinajstić information content (AvgIpc) is 2.60. The van der Waals surface area contributed by atoms with Gasteiger partial charge in [-0.3, -0.25) is 4.99 Å². The van der Waals surface area contributed by atoms with E-state index in [0.29, 0.717) is 35.6 Å². The highest BCUT2D eigenvalue weighted by Gasteiger charge is 2.11. The number of hydrogen-bond donors (Lipinski definition) is 2. The van der Waals surface area contributed by atoms with Gasteiger partial charge >= 0.3 is 0 Å². The third kappa shape index (κ3) is 8.09. The van der Waals surface area contributed by atoms with Gasteiger partial charge in [-0.25, -0.2) is 17.2 Å². The standard InChI is InChI=1S/C19H23F2N3O2S.HI/c1-22-19(23-10-9-14-5-3-4-6-18(14)21)24-12-16-11-17(20)8-7-15(16)13-27(2,25)26;/h3-8,11H,9-10,12-13H2,1-2H3,(H2,22,23,24);1H. The van der Waals surface area contributed by atoms with Crippen LogP contribution in [-0.2, 0) is 28.6 Å². The lowest BCUT2D eigenvalue weighted by molar-refractivity contribution is 0.599. The van der Waals surface area contributed by atoms with E-state index in [1.807, 2.05) is 0 Å². The SMILES string of the molecule is CN=C(NCCc1ccccc1F)NCc1cc(F)ccc1CS(C)(=O)=O.I. The van der Waals surface area contributed by atoms with Crippen LogP contribution in [0.4, 0.5) is 8.78 Å². The molecule has 2 rings (SSSR count). The summed E-state index contributed by atoms with van der Waals surface area (Å²) in [5.74, 6) is -0.399. The molecule has 0 bridgehead atoms. The molecule has 154 valence electrons. The molecule has 2 aromatic rings. The van der Waals surface area contributed by atoms with Gasteiger partial charge in [0, 0.05) is 26.4 Å². The lowest BCUT2D eigenvalue weighted by Crippen LogP contribution is -2.38. The van der Waals surface area contributed by atoms with Crippen LogP contribution in [0.15, 0.2) is 47.5 Å². The fourth-order valence-corrected chi connectivity index (χ4v) is 3.45. The van der Waals surface area contributed by atoms with E-state index in [0.717, 1.165) is 6.26 Å². The summed E-state index contributed by atoms with van der Waals surface area (Å²) in [4.78, 5) is 4.07. The zero-order chi connectivity index (χ0) is 19.9. The Hall–Kier alpha value is -1.75. The zero-order valence-electron chi connectivity index (χ0n) is 15.7. The van der Waals surface area contributed by atoms with Crippen LogP contribution in [0.1, 0.15) is 16.7 Å². The minimum absolute atomic E-state index is 0. The molecule has 0 saturated heterocycles. The van der Waals surface area contributed by atoms with Crippen molar-refractivity contribution in [3.8, 4) is 0 Å². The van der Waals surface area contributed by atoms with Crippen LogP contribution in [0.5, 0.6) is 0 Å². The third-order valence-corrected chi connectivity index (χ3v) is 4.74. The number of halogens is 3. The first-order chi connectivity index (χ1) is 12.8. The molecule has 28 heavy (non-hydrogen) atoms. The van der Waals surface area contributed by atoms with Gasteiger partial charge in [-0.15, -0.1) is 24.0 Å². The van der Waals surface area contributed by atoms with E-state index < -0.39 is 15.7 Å². The molecule has 0 fully saturated rings. The summed E-state index contributed by atoms with van der Waals surface area (Å²) in [6.07, 6.45) is 1.61. The fourth-order valence-electron chi connectivity index (χ4n) is 2.60. The van der Waals surface area contributed by atoms with E-state index in [4.69, 9.17) is 0 Å². The maximum absolute atomic E-state index is 13.6. The summed E-state index contributed by atoms with van der Waals surface area (Å²) < 4.78 is 50.3. The summed E-state index contributed by atoms with van der Waals surface area (Å²) in [5, 5.41) is 6.08. The monoisotopic (exact) mass is 523 g/mol. The molecule has 9 heteroatoms. The van der Waals surface area contributed by atoms with E-state index in [-0.39, 0.29) is 42.1 Å². The van der Waals surface area contributed by atoms with Crippen molar-refractivity contribution in [1.29, 1.82) is 0 Å². The smallest absolute Gasteiger partial charge is 0.191 e. The summed E-state index contributed by atoms with van der Waals surface area (Å²) in [5.41, 5.74) is 1.67. The summed E-state index contributed by atoms with van der Waals surface area (Å²) in [6, 6.07) is 10.6. The maximum atomic E-state index is 13.6. The molecule has 5 nitrogen and oxygen atoms in total. The Labute approximate surface area is 181 Å². The number of benzene rings is 2. The number of nitrogens with one attached hydrogen (secondary N) is 2. The molecule has 0 aliphatic carbocycles. The van der Waals surface area contributed by atoms with E-state index >= 15 is 0 Å². The third-order valence-electron chi connectivity index (χ3n) is 3.90. The van der Waals surface area contributed by atoms with Crippen molar-refractivity contribution in [2.45, 2.75) is 18.7 Å². The van der Waals surface area contributed by atoms with Crippen LogP contribution in [0.25, 0.3) is 0 Å². The summed E-state index contributed by atoms with van der Waals surface area (Å²) in [7, 11) is -1.65. The molecule has 0 amide bonds. The fraction of sp³-hybridized carbons (Fsp3) is 0.316. The second-order valence-corrected chi connectivity index (χ2v) is 8.32. The molecule has 0 aromatic heterocycles. The van der Waals surface area contributed by atoms with Crippen molar-refractivity contribution in [3.63, 3.8) is 0 Å². The molecule has 0 heterocycles. The normalized spacial score (nSPS) is 11.6. The lowest BCUT2D eigenvalue weighted by Gasteiger charge is -2.14. The van der Waals surface area contributed by atoms with Gasteiger partial charge in [-0.05, 0) is 41.3 Å². The largest absolute Gasteiger partial charge is 0.356 e. The highest BCUT2D eigenvalue weighted by Crippen LogP contribution is 2.14. The second kappa shape index (κ2) is 11.3. The minimum atomic E-state index is -3.24. The number of rotatable bonds is 7. The Bertz CT molecular complexity index is 921. The quantitative estimate of drug-likeness (QED) is 0.333. The van der Waals surface area contributed by atoms with Crippen molar-refractivity contribution in [3.05, 3.63) is 70.8 Å². The van der Waals surface area contributed by atoms with E-state index in [1.165, 1.54) is 24.3 Å². The second-order valence-electron chi connectivity index (χ2n) is 6.18. The van der Waals surface area contributed by atoms with Crippen molar-refractivity contribution in [2.75, 3.05) is 19.8 Å². The Morgan fingerprint density at radius 2 is 1.75 bits per heavy atom. The zero-order valence-corrected chi connectivity index (χ0v) is 18.9. The molecule has 2 aromatic carbocycles. The molecule has 0 radical (unpaired) electrons. The van der Waals surface area contributed by atoms with Crippen LogP contribution in [-0.4, -0.2) is 34.2 Å². The van der Waals surface area contributed by atoms with E-state index in [1.54, 1.807) is 25.2 Å². The molecular formula is C19H24F2IN3O2S. The molecule has 0 aliphatic rings. The minimum Gasteiger partial charge on any atom is -0.356 e. The van der Waals surface area contributed by atoms with Gasteiger partial charge in [-0.2, -0.15) is 0 Å². The van der Waals surface area contributed by atoms with Gasteiger partial charge in [-0.1, -0.05) is 24.3 Å². The van der Waals surface area contributed by atoms with Gasteiger partial charge < -0.3 is 10.6 Å². The van der Waals surface area contributed by atoms with Crippen LogP contribution in [0.3, 0.4) is 0 Å². The molecule has 0 aliphatic heterocycles. The number of sulfone groups is 1. The van der Waals surface area contributed by atoms with Crippen LogP contribution < -0.4 is 10.6 Å². The van der Waals surface area contributed by atoms with E-state index in [2.05, 4.69) is 15.6 Å². The van der Waals surface area contributed by atoms with Crippen molar-refractivity contribution < 1.29 is 17.2 Å². The van der Waals surface area contributed by atoms with Gasteiger partial charge in [0.15, 0.2) is 15.8 Å². The Balaban J connectivity index is 0.00000392. The van der Waals surface area contributed by atoms with Crippen molar-refractivity contribution in [1.82, 2.24) is 10.6 Å². The molecule has 0 atom stereocenters. The number of aliphatic imine (C=N–C) groups is 1. The molecule has 2 N–H and O–H groups in total. The van der Waals surface area contributed by atoms with Crippen LogP contribution in [0.2, 0.25) is 0 Å². The number of hydrogen-bond acceptors (Lipinski definition) is 3. The predicted octanol–water partition coefficient (Wildman–Crippen LogP) is 3.04. The van der Waals surface area contributed by atoms with Crippen molar-refractivity contribution in [2.24, 2.45) is 4.99 Å². The summed E-state index contributed by atoms with van der Waals surface area (Å²) in [6.45, 7) is 0.669. The Morgan fingerprint density at radius 1 is 1.04 bits per heavy atom. The number of nitrogens with zero attached hydrogens (tertiary/aromatic N) is 1. The van der Waals surface area contributed by atoms with E-state index in [9.17, 15) is 17.2 Å².